The third-order valence-electron chi connectivity index (χ3n) is 3.75. The summed E-state index contributed by atoms with van der Waals surface area (Å²) in [5.74, 6) is -1.66. The quantitative estimate of drug-likeness (QED) is 0.608. The zero-order chi connectivity index (χ0) is 21.6. The second-order valence-corrected chi connectivity index (χ2v) is 6.44. The Balaban J connectivity index is 1.80. The molecule has 0 saturated carbocycles. The minimum absolute atomic E-state index is 0.0404. The minimum Gasteiger partial charge on any atom is -0.406 e. The Hall–Kier alpha value is -3.14. The van der Waals surface area contributed by atoms with Gasteiger partial charge >= 0.3 is 6.36 Å². The average Bonchev–Trinajstić information content (AvgIpc) is 2.58. The molecule has 2 rings (SSSR count). The Morgan fingerprint density at radius 1 is 0.966 bits per heavy atom. The SMILES string of the molecule is Cc1ccc(NC(=O)C[NH+](C)CC(=O)Nc2ccc(OC(F)(F)F)cc2)cc1F. The predicted molar refractivity (Wildman–Crippen MR) is 98.1 cm³/mol. The van der Waals surface area contributed by atoms with E-state index in [1.54, 1.807) is 26.1 Å². The highest BCUT2D eigenvalue weighted by Crippen LogP contribution is 2.23. The van der Waals surface area contributed by atoms with E-state index in [4.69, 9.17) is 0 Å². The molecule has 10 heteroatoms. The number of quaternary nitrogens is 1. The first-order valence-electron chi connectivity index (χ1n) is 8.55. The number of alkyl halides is 3. The molecule has 0 aliphatic rings. The summed E-state index contributed by atoms with van der Waals surface area (Å²) in [4.78, 5) is 24.6. The number of amides is 2. The molecule has 1 unspecified atom stereocenters. The smallest absolute Gasteiger partial charge is 0.406 e. The molecular weight excluding hydrogens is 394 g/mol. The van der Waals surface area contributed by atoms with Gasteiger partial charge in [-0.3, -0.25) is 9.59 Å². The molecule has 0 fully saturated rings. The third kappa shape index (κ3) is 7.78. The molecule has 0 bridgehead atoms. The lowest BCUT2D eigenvalue weighted by Gasteiger charge is -2.14. The maximum Gasteiger partial charge on any atom is 0.573 e. The van der Waals surface area contributed by atoms with Crippen molar-refractivity contribution in [1.29, 1.82) is 0 Å². The molecule has 2 amide bonds. The summed E-state index contributed by atoms with van der Waals surface area (Å²) in [6, 6.07) is 9.02. The van der Waals surface area contributed by atoms with Gasteiger partial charge in [-0.1, -0.05) is 6.07 Å². The van der Waals surface area contributed by atoms with Crippen LogP contribution in [0.4, 0.5) is 28.9 Å². The van der Waals surface area contributed by atoms with E-state index in [0.717, 1.165) is 12.1 Å². The Bertz CT molecular complexity index is 870. The molecule has 2 aromatic rings. The second-order valence-electron chi connectivity index (χ2n) is 6.44. The average molecular weight is 414 g/mol. The van der Waals surface area contributed by atoms with E-state index in [1.807, 2.05) is 0 Å². The Kier molecular flexibility index (Phi) is 7.16. The highest BCUT2D eigenvalue weighted by atomic mass is 19.4. The van der Waals surface area contributed by atoms with Crippen molar-refractivity contribution in [2.24, 2.45) is 0 Å². The first-order valence-corrected chi connectivity index (χ1v) is 8.55. The van der Waals surface area contributed by atoms with Crippen molar-refractivity contribution in [2.75, 3.05) is 30.8 Å². The van der Waals surface area contributed by atoms with Gasteiger partial charge in [-0.05, 0) is 48.9 Å². The van der Waals surface area contributed by atoms with Crippen LogP contribution in [0.1, 0.15) is 5.56 Å². The Labute approximate surface area is 164 Å². The number of hydrogen-bond donors (Lipinski definition) is 3. The van der Waals surface area contributed by atoms with E-state index in [0.29, 0.717) is 16.2 Å². The van der Waals surface area contributed by atoms with Crippen molar-refractivity contribution in [3.63, 3.8) is 0 Å². The van der Waals surface area contributed by atoms with Crippen LogP contribution >= 0.6 is 0 Å². The van der Waals surface area contributed by atoms with Crippen LogP contribution in [0.5, 0.6) is 5.75 Å². The summed E-state index contributed by atoms with van der Waals surface area (Å²) in [5, 5.41) is 5.07. The number of aryl methyl sites for hydroxylation is 1. The molecular formula is C19H20F4N3O3+. The lowest BCUT2D eigenvalue weighted by molar-refractivity contribution is -0.862. The molecule has 156 valence electrons. The van der Waals surface area contributed by atoms with Gasteiger partial charge in [0.15, 0.2) is 13.1 Å². The molecule has 29 heavy (non-hydrogen) atoms. The highest BCUT2D eigenvalue weighted by Gasteiger charge is 2.31. The molecule has 0 aliphatic carbocycles. The van der Waals surface area contributed by atoms with Crippen LogP contribution in [0.2, 0.25) is 0 Å². The lowest BCUT2D eigenvalue weighted by atomic mass is 10.2. The van der Waals surface area contributed by atoms with Gasteiger partial charge in [0, 0.05) is 11.4 Å². The molecule has 1 atom stereocenters. The van der Waals surface area contributed by atoms with E-state index in [1.165, 1.54) is 18.2 Å². The van der Waals surface area contributed by atoms with Gasteiger partial charge < -0.3 is 20.3 Å². The number of hydrogen-bond acceptors (Lipinski definition) is 3. The fraction of sp³-hybridized carbons (Fsp3) is 0.263. The normalized spacial score (nSPS) is 12.2. The van der Waals surface area contributed by atoms with Crippen molar-refractivity contribution in [3.8, 4) is 5.75 Å². The van der Waals surface area contributed by atoms with Crippen molar-refractivity contribution in [2.45, 2.75) is 13.3 Å². The van der Waals surface area contributed by atoms with E-state index in [-0.39, 0.29) is 18.8 Å². The summed E-state index contributed by atoms with van der Waals surface area (Å²) in [6.45, 7) is 1.51. The van der Waals surface area contributed by atoms with E-state index in [2.05, 4.69) is 15.4 Å². The number of anilines is 2. The summed E-state index contributed by atoms with van der Waals surface area (Å²) in [7, 11) is 1.62. The molecule has 6 nitrogen and oxygen atoms in total. The Morgan fingerprint density at radius 3 is 2.00 bits per heavy atom. The summed E-state index contributed by atoms with van der Waals surface area (Å²) in [6.07, 6.45) is -4.79. The molecule has 3 N–H and O–H groups in total. The van der Waals surface area contributed by atoms with Crippen LogP contribution in [-0.2, 0) is 9.59 Å². The van der Waals surface area contributed by atoms with E-state index < -0.39 is 29.7 Å². The summed E-state index contributed by atoms with van der Waals surface area (Å²) >= 11 is 0. The van der Waals surface area contributed by atoms with Crippen LogP contribution in [-0.4, -0.2) is 38.3 Å². The number of carbonyl (C=O) groups is 2. The van der Waals surface area contributed by atoms with Gasteiger partial charge in [-0.25, -0.2) is 4.39 Å². The van der Waals surface area contributed by atoms with Crippen LogP contribution in [0.15, 0.2) is 42.5 Å². The van der Waals surface area contributed by atoms with Crippen LogP contribution in [0.3, 0.4) is 0 Å². The maximum absolute atomic E-state index is 13.5. The van der Waals surface area contributed by atoms with Crippen molar-refractivity contribution < 1.29 is 36.8 Å². The monoisotopic (exact) mass is 414 g/mol. The number of ether oxygens (including phenoxy) is 1. The van der Waals surface area contributed by atoms with Crippen LogP contribution in [0.25, 0.3) is 0 Å². The number of benzene rings is 2. The second kappa shape index (κ2) is 9.37. The van der Waals surface area contributed by atoms with Gasteiger partial charge in [0.25, 0.3) is 11.8 Å². The third-order valence-corrected chi connectivity index (χ3v) is 3.75. The summed E-state index contributed by atoms with van der Waals surface area (Å²) < 4.78 is 53.6. The maximum atomic E-state index is 13.5. The lowest BCUT2D eigenvalue weighted by Crippen LogP contribution is -3.11. The van der Waals surface area contributed by atoms with Gasteiger partial charge in [-0.15, -0.1) is 13.2 Å². The van der Waals surface area contributed by atoms with Gasteiger partial charge in [0.2, 0.25) is 0 Å². The van der Waals surface area contributed by atoms with E-state index in [9.17, 15) is 27.2 Å². The fourth-order valence-electron chi connectivity index (χ4n) is 2.43. The topological polar surface area (TPSA) is 71.9 Å². The zero-order valence-electron chi connectivity index (χ0n) is 15.7. The standard InChI is InChI=1S/C19H19F4N3O3/c1-12-3-4-14(9-16(12)20)25-18(28)11-26(2)10-17(27)24-13-5-7-15(8-6-13)29-19(21,22)23/h3-9H,10-11H2,1-2H3,(H,24,27)(H,25,28)/p+1. The molecule has 0 heterocycles. The highest BCUT2D eigenvalue weighted by molar-refractivity contribution is 5.93. The van der Waals surface area contributed by atoms with Gasteiger partial charge in [-0.2, -0.15) is 0 Å². The number of likely N-dealkylation sites (N-methyl/N-ethyl adjacent to an activating group) is 1. The molecule has 2 aromatic carbocycles. The molecule has 0 aromatic heterocycles. The van der Waals surface area contributed by atoms with Gasteiger partial charge in [0.1, 0.15) is 11.6 Å². The van der Waals surface area contributed by atoms with Crippen molar-refractivity contribution in [1.82, 2.24) is 0 Å². The number of rotatable bonds is 7. The first kappa shape index (κ1) is 22.2. The van der Waals surface area contributed by atoms with Crippen LogP contribution in [0, 0.1) is 12.7 Å². The fourth-order valence-corrected chi connectivity index (χ4v) is 2.43. The summed E-state index contributed by atoms with van der Waals surface area (Å²) in [5.41, 5.74) is 1.06. The van der Waals surface area contributed by atoms with Crippen molar-refractivity contribution >= 4 is 23.2 Å². The molecule has 0 aliphatic heterocycles. The molecule has 0 spiro atoms. The van der Waals surface area contributed by atoms with E-state index >= 15 is 0 Å². The number of nitrogens with one attached hydrogen (secondary N) is 3. The Morgan fingerprint density at radius 2 is 1.48 bits per heavy atom. The predicted octanol–water partition coefficient (Wildman–Crippen LogP) is 2.12. The first-order chi connectivity index (χ1) is 13.5. The largest absolute Gasteiger partial charge is 0.573 e. The minimum atomic E-state index is -4.79. The van der Waals surface area contributed by atoms with Crippen LogP contribution < -0.4 is 20.3 Å². The number of halogens is 4. The molecule has 0 saturated heterocycles. The van der Waals surface area contributed by atoms with Gasteiger partial charge in [0.05, 0.1) is 7.05 Å². The van der Waals surface area contributed by atoms with Crippen molar-refractivity contribution in [3.05, 3.63) is 53.8 Å². The zero-order valence-corrected chi connectivity index (χ0v) is 15.7. The number of carbonyl (C=O) groups excluding carboxylic acids is 2. The molecule has 0 radical (unpaired) electrons.